The van der Waals surface area contributed by atoms with Gasteiger partial charge in [-0.2, -0.15) is 0 Å². The molecule has 4 nitrogen and oxygen atoms in total. The number of fused-ring (bicyclic) bond motifs is 1. The fourth-order valence-electron chi connectivity index (χ4n) is 2.95. The molecule has 0 bridgehead atoms. The lowest BCUT2D eigenvalue weighted by molar-refractivity contribution is -0.121. The van der Waals surface area contributed by atoms with Crippen molar-refractivity contribution in [3.05, 3.63) is 43.8 Å². The van der Waals surface area contributed by atoms with Crippen LogP contribution in [0.2, 0.25) is 0 Å². The average molecular weight is 363 g/mol. The Morgan fingerprint density at radius 2 is 2.21 bits per heavy atom. The second kappa shape index (κ2) is 7.94. The summed E-state index contributed by atoms with van der Waals surface area (Å²) in [7, 11) is 0. The van der Waals surface area contributed by atoms with Gasteiger partial charge in [-0.1, -0.05) is 13.0 Å². The maximum absolute atomic E-state index is 12.2. The highest BCUT2D eigenvalue weighted by Crippen LogP contribution is 2.32. The molecule has 2 amide bonds. The Balaban J connectivity index is 1.42. The van der Waals surface area contributed by atoms with E-state index in [1.54, 1.807) is 22.7 Å². The minimum absolute atomic E-state index is 0.144. The molecule has 0 fully saturated rings. The van der Waals surface area contributed by atoms with Crippen LogP contribution < -0.4 is 10.9 Å². The first kappa shape index (κ1) is 17.2. The quantitative estimate of drug-likeness (QED) is 0.797. The molecule has 0 spiro atoms. The molecular formula is C18H22N2O2S2. The van der Waals surface area contributed by atoms with Gasteiger partial charge in [-0.3, -0.25) is 20.4 Å². The van der Waals surface area contributed by atoms with Crippen LogP contribution in [-0.2, 0) is 24.1 Å². The van der Waals surface area contributed by atoms with Crippen molar-refractivity contribution in [1.29, 1.82) is 0 Å². The van der Waals surface area contributed by atoms with E-state index in [9.17, 15) is 9.59 Å². The van der Waals surface area contributed by atoms with Crippen LogP contribution in [0.25, 0.3) is 0 Å². The lowest BCUT2D eigenvalue weighted by atomic mass is 9.90. The molecule has 0 unspecified atom stereocenters. The zero-order valence-corrected chi connectivity index (χ0v) is 15.4. The summed E-state index contributed by atoms with van der Waals surface area (Å²) >= 11 is 3.25. The molecule has 0 saturated carbocycles. The van der Waals surface area contributed by atoms with Crippen molar-refractivity contribution in [3.63, 3.8) is 0 Å². The zero-order chi connectivity index (χ0) is 16.9. The van der Waals surface area contributed by atoms with Crippen molar-refractivity contribution in [1.82, 2.24) is 10.9 Å². The van der Waals surface area contributed by atoms with E-state index in [0.717, 1.165) is 25.7 Å². The summed E-state index contributed by atoms with van der Waals surface area (Å²) in [6.07, 6.45) is 5.40. The standard InChI is InChI=1S/C18H22N2O2S2/c1-12-7-8-15-13(10-12)11-16(24-15)18(22)20-19-17(21)6-2-4-14-5-3-9-23-14/h3,5,9,11-12H,2,4,6-8,10H2,1H3,(H,19,21)(H,20,22)/t12-/m0/s1. The summed E-state index contributed by atoms with van der Waals surface area (Å²) < 4.78 is 0. The van der Waals surface area contributed by atoms with E-state index >= 15 is 0 Å². The van der Waals surface area contributed by atoms with Gasteiger partial charge < -0.3 is 0 Å². The second-order valence-electron chi connectivity index (χ2n) is 6.34. The Morgan fingerprint density at radius 3 is 3.00 bits per heavy atom. The highest BCUT2D eigenvalue weighted by Gasteiger charge is 2.20. The SMILES string of the molecule is C[C@H]1CCc2sc(C(=O)NNC(=O)CCCc3cccs3)cc2C1. The van der Waals surface area contributed by atoms with Gasteiger partial charge in [-0.15, -0.1) is 22.7 Å². The topological polar surface area (TPSA) is 58.2 Å². The van der Waals surface area contributed by atoms with E-state index in [-0.39, 0.29) is 11.8 Å². The summed E-state index contributed by atoms with van der Waals surface area (Å²) in [6.45, 7) is 2.25. The molecule has 24 heavy (non-hydrogen) atoms. The maximum atomic E-state index is 12.2. The average Bonchev–Trinajstić information content (AvgIpc) is 3.21. The first-order valence-electron chi connectivity index (χ1n) is 8.35. The molecule has 2 N–H and O–H groups in total. The smallest absolute Gasteiger partial charge is 0.273 e. The van der Waals surface area contributed by atoms with Crippen LogP contribution in [-0.4, -0.2) is 11.8 Å². The number of rotatable bonds is 5. The van der Waals surface area contributed by atoms with Gasteiger partial charge in [0.1, 0.15) is 0 Å². The van der Waals surface area contributed by atoms with Crippen molar-refractivity contribution in [2.45, 2.75) is 45.4 Å². The van der Waals surface area contributed by atoms with Crippen LogP contribution in [0.15, 0.2) is 23.6 Å². The number of nitrogens with one attached hydrogen (secondary N) is 2. The number of hydrogen-bond acceptors (Lipinski definition) is 4. The number of hydrogen-bond donors (Lipinski definition) is 2. The Kier molecular flexibility index (Phi) is 5.68. The predicted octanol–water partition coefficient (Wildman–Crippen LogP) is 3.72. The first-order valence-corrected chi connectivity index (χ1v) is 10.0. The fourth-order valence-corrected chi connectivity index (χ4v) is 4.80. The molecule has 128 valence electrons. The van der Waals surface area contributed by atoms with Crippen molar-refractivity contribution in [2.24, 2.45) is 5.92 Å². The molecule has 0 radical (unpaired) electrons. The van der Waals surface area contributed by atoms with Crippen molar-refractivity contribution < 1.29 is 9.59 Å². The normalized spacial score (nSPS) is 16.5. The van der Waals surface area contributed by atoms with Gasteiger partial charge in [-0.05, 0) is 61.1 Å². The molecule has 1 aliphatic carbocycles. The van der Waals surface area contributed by atoms with Gasteiger partial charge in [0, 0.05) is 16.2 Å². The molecule has 1 atom stereocenters. The molecule has 6 heteroatoms. The van der Waals surface area contributed by atoms with Gasteiger partial charge in [0.05, 0.1) is 4.88 Å². The third kappa shape index (κ3) is 4.45. The van der Waals surface area contributed by atoms with Gasteiger partial charge in [0.15, 0.2) is 0 Å². The predicted molar refractivity (Wildman–Crippen MR) is 98.4 cm³/mol. The summed E-state index contributed by atoms with van der Waals surface area (Å²) in [5.74, 6) is 0.328. The Hall–Kier alpha value is -1.66. The molecule has 2 heterocycles. The van der Waals surface area contributed by atoms with Crippen molar-refractivity contribution in [3.8, 4) is 0 Å². The largest absolute Gasteiger partial charge is 0.279 e. The van der Waals surface area contributed by atoms with E-state index in [4.69, 9.17) is 0 Å². The monoisotopic (exact) mass is 362 g/mol. The van der Waals surface area contributed by atoms with E-state index in [0.29, 0.717) is 17.2 Å². The van der Waals surface area contributed by atoms with Crippen LogP contribution in [0.1, 0.15) is 51.2 Å². The van der Waals surface area contributed by atoms with E-state index in [1.165, 1.54) is 21.7 Å². The summed E-state index contributed by atoms with van der Waals surface area (Å²) in [5.41, 5.74) is 6.36. The number of amides is 2. The minimum Gasteiger partial charge on any atom is -0.273 e. The number of hydrazine groups is 1. The Labute approximate surface area is 150 Å². The highest BCUT2D eigenvalue weighted by atomic mass is 32.1. The van der Waals surface area contributed by atoms with Gasteiger partial charge >= 0.3 is 0 Å². The number of thiophene rings is 2. The number of aryl methyl sites for hydroxylation is 2. The van der Waals surface area contributed by atoms with Crippen LogP contribution in [0.4, 0.5) is 0 Å². The molecule has 1 aliphatic rings. The Bertz CT molecular complexity index is 707. The summed E-state index contributed by atoms with van der Waals surface area (Å²) in [4.78, 5) is 27.3. The van der Waals surface area contributed by atoms with Gasteiger partial charge in [0.25, 0.3) is 5.91 Å². The lowest BCUT2D eigenvalue weighted by Crippen LogP contribution is -2.41. The number of carbonyl (C=O) groups excluding carboxylic acids is 2. The van der Waals surface area contributed by atoms with Crippen LogP contribution >= 0.6 is 22.7 Å². The molecule has 2 aromatic heterocycles. The summed E-state index contributed by atoms with van der Waals surface area (Å²) in [5, 5.41) is 2.04. The number of carbonyl (C=O) groups is 2. The minimum atomic E-state index is -0.214. The zero-order valence-electron chi connectivity index (χ0n) is 13.8. The third-order valence-electron chi connectivity index (χ3n) is 4.28. The fraction of sp³-hybridized carbons (Fsp3) is 0.444. The molecule has 2 aromatic rings. The van der Waals surface area contributed by atoms with Crippen molar-refractivity contribution >= 4 is 34.5 Å². The molecule has 3 rings (SSSR count). The second-order valence-corrected chi connectivity index (χ2v) is 8.51. The van der Waals surface area contributed by atoms with Crippen LogP contribution in [0.3, 0.4) is 0 Å². The van der Waals surface area contributed by atoms with Crippen LogP contribution in [0, 0.1) is 5.92 Å². The third-order valence-corrected chi connectivity index (χ3v) is 6.45. The lowest BCUT2D eigenvalue weighted by Gasteiger charge is -2.16. The molecular weight excluding hydrogens is 340 g/mol. The first-order chi connectivity index (χ1) is 11.6. The van der Waals surface area contributed by atoms with Crippen LogP contribution in [0.5, 0.6) is 0 Å². The van der Waals surface area contributed by atoms with E-state index in [2.05, 4.69) is 23.8 Å². The summed E-state index contributed by atoms with van der Waals surface area (Å²) in [6, 6.07) is 6.07. The highest BCUT2D eigenvalue weighted by molar-refractivity contribution is 7.14. The van der Waals surface area contributed by atoms with Gasteiger partial charge in [-0.25, -0.2) is 0 Å². The van der Waals surface area contributed by atoms with Gasteiger partial charge in [0.2, 0.25) is 5.91 Å². The van der Waals surface area contributed by atoms with E-state index in [1.807, 2.05) is 17.5 Å². The van der Waals surface area contributed by atoms with E-state index < -0.39 is 0 Å². The maximum Gasteiger partial charge on any atom is 0.279 e. The van der Waals surface area contributed by atoms with Crippen molar-refractivity contribution in [2.75, 3.05) is 0 Å². The molecule has 0 aromatic carbocycles. The molecule has 0 saturated heterocycles. The Morgan fingerprint density at radius 1 is 1.33 bits per heavy atom. The molecule has 0 aliphatic heterocycles.